The van der Waals surface area contributed by atoms with Crippen LogP contribution in [0.2, 0.25) is 0 Å². The molecule has 1 saturated heterocycles. The molecule has 0 unspecified atom stereocenters. The second kappa shape index (κ2) is 6.13. The van der Waals surface area contributed by atoms with E-state index in [-0.39, 0.29) is 12.5 Å². The van der Waals surface area contributed by atoms with Crippen LogP contribution in [0.25, 0.3) is 0 Å². The summed E-state index contributed by atoms with van der Waals surface area (Å²) in [5.74, 6) is -0.366. The van der Waals surface area contributed by atoms with E-state index in [1.54, 1.807) is 36.1 Å². The third-order valence-corrected chi connectivity index (χ3v) is 3.29. The highest BCUT2D eigenvalue weighted by Crippen LogP contribution is 2.26. The number of hydrogen-bond donors (Lipinski definition) is 1. The first kappa shape index (κ1) is 15.3. The lowest BCUT2D eigenvalue weighted by Crippen LogP contribution is -2.63. The summed E-state index contributed by atoms with van der Waals surface area (Å²) in [6.07, 6.45) is 0. The minimum Gasteiger partial charge on any atom is -0.494 e. The van der Waals surface area contributed by atoms with Gasteiger partial charge in [0.05, 0.1) is 19.7 Å². The number of benzene rings is 1. The average Bonchev–Trinajstić information content (AvgIpc) is 2.42. The Morgan fingerprint density at radius 2 is 1.90 bits per heavy atom. The second-order valence-electron chi connectivity index (χ2n) is 5.25. The molecule has 0 aliphatic carbocycles. The highest BCUT2D eigenvalue weighted by molar-refractivity contribution is 5.95. The topological polar surface area (TPSA) is 76.1 Å². The maximum atomic E-state index is 12.2. The molecule has 2 rings (SSSR count). The predicted molar refractivity (Wildman–Crippen MR) is 75.5 cm³/mol. The fourth-order valence-corrected chi connectivity index (χ4v) is 2.28. The fraction of sp³-hybridized carbons (Fsp3) is 0.467. The molecule has 0 bridgehead atoms. The van der Waals surface area contributed by atoms with Crippen molar-refractivity contribution in [3.8, 4) is 5.75 Å². The van der Waals surface area contributed by atoms with E-state index in [1.807, 2.05) is 6.92 Å². The Kier molecular flexibility index (Phi) is 4.47. The van der Waals surface area contributed by atoms with Crippen LogP contribution in [0, 0.1) is 0 Å². The minimum atomic E-state index is -1.01. The van der Waals surface area contributed by atoms with E-state index < -0.39 is 11.6 Å². The first-order chi connectivity index (χ1) is 9.93. The van der Waals surface area contributed by atoms with Crippen molar-refractivity contribution in [2.45, 2.75) is 19.4 Å². The smallest absolute Gasteiger partial charge is 0.329 e. The van der Waals surface area contributed by atoms with E-state index in [4.69, 9.17) is 14.6 Å². The van der Waals surface area contributed by atoms with Crippen LogP contribution in [-0.2, 0) is 9.53 Å². The number of carbonyl (C=O) groups excluding carboxylic acids is 1. The number of carboxylic acid groups (broad SMARTS) is 1. The van der Waals surface area contributed by atoms with Crippen LogP contribution < -0.4 is 4.74 Å². The molecular formula is C15H19NO5. The Hall–Kier alpha value is -2.08. The van der Waals surface area contributed by atoms with Crippen LogP contribution in [0.4, 0.5) is 0 Å². The van der Waals surface area contributed by atoms with E-state index in [1.165, 1.54) is 0 Å². The number of likely N-dealkylation sites (tertiary alicyclic amines) is 1. The Morgan fingerprint density at radius 3 is 2.43 bits per heavy atom. The molecule has 1 N–H and O–H groups in total. The fourth-order valence-electron chi connectivity index (χ4n) is 2.28. The third kappa shape index (κ3) is 3.72. The van der Waals surface area contributed by atoms with Gasteiger partial charge >= 0.3 is 5.97 Å². The molecule has 1 fully saturated rings. The minimum absolute atomic E-state index is 0.0885. The molecule has 0 spiro atoms. The van der Waals surface area contributed by atoms with E-state index >= 15 is 0 Å². The van der Waals surface area contributed by atoms with Crippen molar-refractivity contribution in [3.63, 3.8) is 0 Å². The Balaban J connectivity index is 1.89. The van der Waals surface area contributed by atoms with E-state index in [9.17, 15) is 9.59 Å². The third-order valence-electron chi connectivity index (χ3n) is 3.29. The Bertz CT molecular complexity index is 519. The number of rotatable bonds is 6. The van der Waals surface area contributed by atoms with Crippen LogP contribution in [-0.4, -0.2) is 53.8 Å². The van der Waals surface area contributed by atoms with Crippen LogP contribution in [0.15, 0.2) is 24.3 Å². The number of carboxylic acids is 1. The van der Waals surface area contributed by atoms with Crippen LogP contribution in [0.1, 0.15) is 24.2 Å². The number of hydrogen-bond acceptors (Lipinski definition) is 4. The van der Waals surface area contributed by atoms with Gasteiger partial charge in [0.15, 0.2) is 0 Å². The van der Waals surface area contributed by atoms with Gasteiger partial charge in [0, 0.05) is 5.56 Å². The molecule has 1 aromatic rings. The molecule has 1 aliphatic heterocycles. The summed E-state index contributed by atoms with van der Waals surface area (Å²) >= 11 is 0. The van der Waals surface area contributed by atoms with Gasteiger partial charge in [0.2, 0.25) is 0 Å². The molecule has 1 aromatic carbocycles. The molecular weight excluding hydrogens is 274 g/mol. The predicted octanol–water partition coefficient (Wildman–Crippen LogP) is 1.40. The van der Waals surface area contributed by atoms with Gasteiger partial charge in [-0.05, 0) is 38.1 Å². The zero-order chi connectivity index (χ0) is 15.5. The standard InChI is InChI=1S/C15H19NO5/c1-3-20-12-6-4-11(5-7-12)14(19)16-9-15(2,10-16)21-8-13(17)18/h4-7H,3,8-10H2,1-2H3,(H,17,18). The monoisotopic (exact) mass is 293 g/mol. The van der Waals surface area contributed by atoms with Gasteiger partial charge < -0.3 is 19.5 Å². The lowest BCUT2D eigenvalue weighted by Gasteiger charge is -2.47. The van der Waals surface area contributed by atoms with Gasteiger partial charge in [-0.1, -0.05) is 0 Å². The normalized spacial score (nSPS) is 16.2. The number of nitrogens with zero attached hydrogens (tertiary/aromatic N) is 1. The number of carbonyl (C=O) groups is 2. The number of amides is 1. The van der Waals surface area contributed by atoms with Crippen LogP contribution in [0.3, 0.4) is 0 Å². The summed E-state index contributed by atoms with van der Waals surface area (Å²) in [6, 6.07) is 6.97. The summed E-state index contributed by atoms with van der Waals surface area (Å²) in [5, 5.41) is 8.60. The van der Waals surface area contributed by atoms with Crippen molar-refractivity contribution < 1.29 is 24.2 Å². The van der Waals surface area contributed by atoms with Gasteiger partial charge in [-0.15, -0.1) is 0 Å². The van der Waals surface area contributed by atoms with Crippen molar-refractivity contribution in [3.05, 3.63) is 29.8 Å². The molecule has 1 amide bonds. The van der Waals surface area contributed by atoms with Gasteiger partial charge in [-0.3, -0.25) is 4.79 Å². The molecule has 0 aromatic heterocycles. The van der Waals surface area contributed by atoms with Crippen molar-refractivity contribution in [2.75, 3.05) is 26.3 Å². The van der Waals surface area contributed by atoms with Crippen molar-refractivity contribution in [1.82, 2.24) is 4.90 Å². The zero-order valence-electron chi connectivity index (χ0n) is 12.2. The number of aliphatic carboxylic acids is 1. The van der Waals surface area contributed by atoms with E-state index in [0.717, 1.165) is 5.75 Å². The molecule has 6 nitrogen and oxygen atoms in total. The summed E-state index contributed by atoms with van der Waals surface area (Å²) in [4.78, 5) is 24.4. The molecule has 0 saturated carbocycles. The largest absolute Gasteiger partial charge is 0.494 e. The highest BCUT2D eigenvalue weighted by Gasteiger charge is 2.42. The molecule has 6 heteroatoms. The van der Waals surface area contributed by atoms with Crippen molar-refractivity contribution in [1.29, 1.82) is 0 Å². The molecule has 0 radical (unpaired) electrons. The SMILES string of the molecule is CCOc1ccc(C(=O)N2CC(C)(OCC(=O)O)C2)cc1. The van der Waals surface area contributed by atoms with Gasteiger partial charge in [0.1, 0.15) is 18.0 Å². The van der Waals surface area contributed by atoms with Crippen molar-refractivity contribution >= 4 is 11.9 Å². The first-order valence-corrected chi connectivity index (χ1v) is 6.81. The van der Waals surface area contributed by atoms with Crippen molar-refractivity contribution in [2.24, 2.45) is 0 Å². The molecule has 21 heavy (non-hydrogen) atoms. The first-order valence-electron chi connectivity index (χ1n) is 6.81. The maximum absolute atomic E-state index is 12.2. The lowest BCUT2D eigenvalue weighted by atomic mass is 9.95. The molecule has 1 heterocycles. The summed E-state index contributed by atoms with van der Waals surface area (Å²) in [5.41, 5.74) is 0.0120. The number of ether oxygens (including phenoxy) is 2. The Labute approximate surface area is 123 Å². The summed E-state index contributed by atoms with van der Waals surface area (Å²) in [6.45, 7) is 4.73. The average molecular weight is 293 g/mol. The molecule has 114 valence electrons. The Morgan fingerprint density at radius 1 is 1.29 bits per heavy atom. The molecule has 1 aliphatic rings. The zero-order valence-corrected chi connectivity index (χ0v) is 12.2. The lowest BCUT2D eigenvalue weighted by molar-refractivity contribution is -0.159. The van der Waals surface area contributed by atoms with Gasteiger partial charge in [-0.25, -0.2) is 4.79 Å². The summed E-state index contributed by atoms with van der Waals surface area (Å²) in [7, 11) is 0. The van der Waals surface area contributed by atoms with E-state index in [2.05, 4.69) is 0 Å². The summed E-state index contributed by atoms with van der Waals surface area (Å²) < 4.78 is 10.6. The van der Waals surface area contributed by atoms with Gasteiger partial charge in [-0.2, -0.15) is 0 Å². The molecule has 0 atom stereocenters. The van der Waals surface area contributed by atoms with Crippen LogP contribution in [0.5, 0.6) is 5.75 Å². The van der Waals surface area contributed by atoms with Crippen LogP contribution >= 0.6 is 0 Å². The maximum Gasteiger partial charge on any atom is 0.329 e. The highest BCUT2D eigenvalue weighted by atomic mass is 16.5. The quantitative estimate of drug-likeness (QED) is 0.858. The van der Waals surface area contributed by atoms with E-state index in [0.29, 0.717) is 25.3 Å². The van der Waals surface area contributed by atoms with Gasteiger partial charge in [0.25, 0.3) is 5.91 Å². The second-order valence-corrected chi connectivity index (χ2v) is 5.25.